The lowest BCUT2D eigenvalue weighted by Gasteiger charge is -2.03. The number of rotatable bonds is 1. The fourth-order valence-corrected chi connectivity index (χ4v) is 2.61. The molecule has 0 atom stereocenters. The van der Waals surface area contributed by atoms with E-state index in [1.807, 2.05) is 0 Å². The summed E-state index contributed by atoms with van der Waals surface area (Å²) in [6.45, 7) is 0. The minimum Gasteiger partial charge on any atom is -0.294 e. The lowest BCUT2D eigenvalue weighted by molar-refractivity contribution is 0.0922. The molecule has 5 heteroatoms. The molecule has 0 aliphatic heterocycles. The highest BCUT2D eigenvalue weighted by atomic mass is 32.2. The summed E-state index contributed by atoms with van der Waals surface area (Å²) in [7, 11) is -3.46. The van der Waals surface area contributed by atoms with Crippen LogP contribution in [0.25, 0.3) is 0 Å². The quantitative estimate of drug-likeness (QED) is 0.663. The van der Waals surface area contributed by atoms with E-state index in [9.17, 15) is 18.0 Å². The first-order valence-electron chi connectivity index (χ1n) is 4.31. The van der Waals surface area contributed by atoms with Crippen molar-refractivity contribution < 1.29 is 18.0 Å². The molecule has 0 radical (unpaired) electrons. The Labute approximate surface area is 86.8 Å². The van der Waals surface area contributed by atoms with E-state index in [1.165, 1.54) is 18.2 Å². The van der Waals surface area contributed by atoms with Gasteiger partial charge in [-0.25, -0.2) is 8.42 Å². The number of ketones is 2. The molecule has 0 spiro atoms. The van der Waals surface area contributed by atoms with Gasteiger partial charge in [-0.15, -0.1) is 0 Å². The number of hydrogen-bond donors (Lipinski definition) is 0. The monoisotopic (exact) mass is 224 g/mol. The van der Waals surface area contributed by atoms with E-state index in [0.717, 1.165) is 6.26 Å². The first-order valence-corrected chi connectivity index (χ1v) is 6.20. The lowest BCUT2D eigenvalue weighted by Crippen LogP contribution is -2.05. The van der Waals surface area contributed by atoms with Crippen molar-refractivity contribution in [3.05, 3.63) is 29.3 Å². The van der Waals surface area contributed by atoms with Crippen molar-refractivity contribution >= 4 is 21.4 Å². The van der Waals surface area contributed by atoms with Crippen LogP contribution in [0.2, 0.25) is 0 Å². The Morgan fingerprint density at radius 1 is 1.13 bits per heavy atom. The number of Topliss-reactive ketones (excluding diaryl/α,β-unsaturated/α-hetero) is 2. The van der Waals surface area contributed by atoms with Crippen LogP contribution in [0.15, 0.2) is 23.1 Å². The van der Waals surface area contributed by atoms with E-state index in [4.69, 9.17) is 0 Å². The van der Waals surface area contributed by atoms with Gasteiger partial charge in [-0.1, -0.05) is 12.1 Å². The third kappa shape index (κ3) is 1.48. The van der Waals surface area contributed by atoms with Crippen LogP contribution in [-0.2, 0) is 9.84 Å². The molecule has 1 aliphatic rings. The predicted octanol–water partition coefficient (Wildman–Crippen LogP) is 0.859. The molecule has 0 heterocycles. The van der Waals surface area contributed by atoms with Crippen molar-refractivity contribution in [1.82, 2.24) is 0 Å². The van der Waals surface area contributed by atoms with Gasteiger partial charge in [0, 0.05) is 17.4 Å². The Morgan fingerprint density at radius 2 is 1.80 bits per heavy atom. The number of sulfone groups is 1. The number of fused-ring (bicyclic) bond motifs is 1. The summed E-state index contributed by atoms with van der Waals surface area (Å²) in [5.41, 5.74) is 0.285. The maximum absolute atomic E-state index is 11.5. The molecule has 0 saturated heterocycles. The molecular formula is C10H8O4S. The molecule has 15 heavy (non-hydrogen) atoms. The van der Waals surface area contributed by atoms with Crippen LogP contribution in [0.5, 0.6) is 0 Å². The van der Waals surface area contributed by atoms with Crippen molar-refractivity contribution in [3.63, 3.8) is 0 Å². The normalized spacial score (nSPS) is 15.5. The third-order valence-electron chi connectivity index (χ3n) is 2.33. The predicted molar refractivity (Wildman–Crippen MR) is 52.8 cm³/mol. The molecule has 0 unspecified atom stereocenters. The summed E-state index contributed by atoms with van der Waals surface area (Å²) in [5.74, 6) is -0.712. The van der Waals surface area contributed by atoms with Gasteiger partial charge in [0.1, 0.15) is 0 Å². The average molecular weight is 224 g/mol. The van der Waals surface area contributed by atoms with E-state index >= 15 is 0 Å². The largest absolute Gasteiger partial charge is 0.294 e. The second kappa shape index (κ2) is 3.00. The summed E-state index contributed by atoms with van der Waals surface area (Å²) in [6, 6.07) is 4.31. The molecule has 0 saturated carbocycles. The molecule has 0 amide bonds. The van der Waals surface area contributed by atoms with Gasteiger partial charge in [-0.2, -0.15) is 0 Å². The SMILES string of the molecule is CS(=O)(=O)c1cccc2c1C(=O)CC2=O. The van der Waals surface area contributed by atoms with Crippen molar-refractivity contribution in [2.75, 3.05) is 6.26 Å². The summed E-state index contributed by atoms with van der Waals surface area (Å²) in [4.78, 5) is 22.8. The standard InChI is InChI=1S/C10H8O4S/c1-15(13,14)9-4-2-3-6-7(11)5-8(12)10(6)9/h2-4H,5H2,1H3. The zero-order valence-corrected chi connectivity index (χ0v) is 8.80. The van der Waals surface area contributed by atoms with Gasteiger partial charge in [0.15, 0.2) is 21.4 Å². The minimum absolute atomic E-state index is 0.0455. The summed E-state index contributed by atoms with van der Waals surface area (Å²) >= 11 is 0. The first kappa shape index (κ1) is 10.0. The molecule has 4 nitrogen and oxygen atoms in total. The fourth-order valence-electron chi connectivity index (χ4n) is 1.69. The van der Waals surface area contributed by atoms with Crippen LogP contribution < -0.4 is 0 Å². The molecule has 0 N–H and O–H groups in total. The zero-order chi connectivity index (χ0) is 11.2. The third-order valence-corrected chi connectivity index (χ3v) is 3.47. The maximum atomic E-state index is 11.5. The van der Waals surface area contributed by atoms with E-state index in [-0.39, 0.29) is 28.2 Å². The minimum atomic E-state index is -3.46. The molecular weight excluding hydrogens is 216 g/mol. The highest BCUT2D eigenvalue weighted by Gasteiger charge is 2.32. The van der Waals surface area contributed by atoms with Crippen LogP contribution in [0.4, 0.5) is 0 Å². The Balaban J connectivity index is 2.83. The van der Waals surface area contributed by atoms with Crippen LogP contribution in [0.1, 0.15) is 27.1 Å². The molecule has 0 aromatic heterocycles. The van der Waals surface area contributed by atoms with Crippen molar-refractivity contribution in [2.45, 2.75) is 11.3 Å². The highest BCUT2D eigenvalue weighted by Crippen LogP contribution is 2.28. The van der Waals surface area contributed by atoms with E-state index in [1.54, 1.807) is 0 Å². The summed E-state index contributed by atoms with van der Waals surface area (Å²) < 4.78 is 22.8. The van der Waals surface area contributed by atoms with E-state index < -0.39 is 15.6 Å². The van der Waals surface area contributed by atoms with Crippen LogP contribution in [-0.4, -0.2) is 26.2 Å². The molecule has 1 aromatic carbocycles. The molecule has 1 aromatic rings. The molecule has 78 valence electrons. The van der Waals surface area contributed by atoms with Crippen LogP contribution >= 0.6 is 0 Å². The Hall–Kier alpha value is -1.49. The van der Waals surface area contributed by atoms with Crippen molar-refractivity contribution in [3.8, 4) is 0 Å². The summed E-state index contributed by atoms with van der Waals surface area (Å²) in [5, 5.41) is 0. The maximum Gasteiger partial charge on any atom is 0.176 e. The van der Waals surface area contributed by atoms with Gasteiger partial charge < -0.3 is 0 Å². The van der Waals surface area contributed by atoms with Gasteiger partial charge in [-0.05, 0) is 6.07 Å². The average Bonchev–Trinajstić information content (AvgIpc) is 2.41. The topological polar surface area (TPSA) is 68.3 Å². The Morgan fingerprint density at radius 3 is 2.40 bits per heavy atom. The van der Waals surface area contributed by atoms with Crippen molar-refractivity contribution in [1.29, 1.82) is 0 Å². The van der Waals surface area contributed by atoms with Crippen LogP contribution in [0.3, 0.4) is 0 Å². The molecule has 0 fully saturated rings. The zero-order valence-electron chi connectivity index (χ0n) is 7.98. The number of hydrogen-bond acceptors (Lipinski definition) is 4. The smallest absolute Gasteiger partial charge is 0.176 e. The molecule has 2 rings (SSSR count). The number of carbonyl (C=O) groups excluding carboxylic acids is 2. The van der Waals surface area contributed by atoms with Gasteiger partial charge in [0.05, 0.1) is 11.3 Å². The Kier molecular flexibility index (Phi) is 2.01. The highest BCUT2D eigenvalue weighted by molar-refractivity contribution is 7.90. The Bertz CT molecular complexity index is 569. The van der Waals surface area contributed by atoms with Crippen molar-refractivity contribution in [2.24, 2.45) is 0 Å². The first-order chi connectivity index (χ1) is 6.91. The van der Waals surface area contributed by atoms with E-state index in [0.29, 0.717) is 0 Å². The lowest BCUT2D eigenvalue weighted by atomic mass is 10.1. The van der Waals surface area contributed by atoms with E-state index in [2.05, 4.69) is 0 Å². The second-order valence-electron chi connectivity index (χ2n) is 3.47. The van der Waals surface area contributed by atoms with Gasteiger partial charge in [-0.3, -0.25) is 9.59 Å². The molecule has 1 aliphatic carbocycles. The van der Waals surface area contributed by atoms with Gasteiger partial charge in [0.25, 0.3) is 0 Å². The van der Waals surface area contributed by atoms with Gasteiger partial charge >= 0.3 is 0 Å². The van der Waals surface area contributed by atoms with Crippen LogP contribution in [0, 0.1) is 0 Å². The number of benzene rings is 1. The molecule has 0 bridgehead atoms. The fraction of sp³-hybridized carbons (Fsp3) is 0.200. The van der Waals surface area contributed by atoms with Gasteiger partial charge in [0.2, 0.25) is 0 Å². The number of carbonyl (C=O) groups is 2. The second-order valence-corrected chi connectivity index (χ2v) is 5.46. The summed E-state index contributed by atoms with van der Waals surface area (Å²) in [6.07, 6.45) is 0.806.